The molecule has 0 spiro atoms. The number of hydrogen-bond donors (Lipinski definition) is 3. The molecule has 0 aromatic carbocycles. The molecule has 0 amide bonds. The molecule has 0 saturated carbocycles. The monoisotopic (exact) mass is 281 g/mol. The molecular formula is C11H15N5O4. The summed E-state index contributed by atoms with van der Waals surface area (Å²) in [4.78, 5) is 17.8. The van der Waals surface area contributed by atoms with E-state index in [1.807, 2.05) is 0 Å². The van der Waals surface area contributed by atoms with Crippen molar-refractivity contribution in [1.29, 1.82) is 0 Å². The van der Waals surface area contributed by atoms with Crippen molar-refractivity contribution in [2.24, 2.45) is 5.11 Å². The van der Waals surface area contributed by atoms with Crippen LogP contribution in [0, 0.1) is 0 Å². The molecule has 0 aliphatic carbocycles. The van der Waals surface area contributed by atoms with Gasteiger partial charge in [-0.3, -0.25) is 0 Å². The van der Waals surface area contributed by atoms with Crippen LogP contribution in [0.4, 0.5) is 5.82 Å². The van der Waals surface area contributed by atoms with Crippen molar-refractivity contribution in [2.75, 3.05) is 19.4 Å². The van der Waals surface area contributed by atoms with E-state index < -0.39 is 18.2 Å². The molecule has 9 heteroatoms. The number of esters is 1. The van der Waals surface area contributed by atoms with Crippen LogP contribution in [0.25, 0.3) is 10.4 Å². The van der Waals surface area contributed by atoms with E-state index in [1.165, 1.54) is 19.4 Å². The van der Waals surface area contributed by atoms with E-state index in [9.17, 15) is 15.0 Å². The van der Waals surface area contributed by atoms with Crippen LogP contribution in [0.2, 0.25) is 0 Å². The number of rotatable bonds is 6. The highest BCUT2D eigenvalue weighted by Gasteiger charge is 2.21. The smallest absolute Gasteiger partial charge is 0.341 e. The van der Waals surface area contributed by atoms with Gasteiger partial charge in [0.15, 0.2) is 0 Å². The quantitative estimate of drug-likeness (QED) is 0.299. The first-order valence-corrected chi connectivity index (χ1v) is 5.72. The van der Waals surface area contributed by atoms with Crippen LogP contribution in [0.15, 0.2) is 17.4 Å². The van der Waals surface area contributed by atoms with Crippen molar-refractivity contribution in [3.63, 3.8) is 0 Å². The van der Waals surface area contributed by atoms with E-state index in [-0.39, 0.29) is 29.9 Å². The minimum Gasteiger partial charge on any atom is -0.465 e. The summed E-state index contributed by atoms with van der Waals surface area (Å²) in [5, 5.41) is 22.9. The maximum absolute atomic E-state index is 11.4. The molecule has 0 aliphatic heterocycles. The van der Waals surface area contributed by atoms with Gasteiger partial charge in [0.05, 0.1) is 13.2 Å². The molecule has 1 aromatic rings. The second-order valence-corrected chi connectivity index (χ2v) is 3.95. The third-order valence-electron chi connectivity index (χ3n) is 2.64. The van der Waals surface area contributed by atoms with E-state index >= 15 is 0 Å². The largest absolute Gasteiger partial charge is 0.465 e. The highest BCUT2D eigenvalue weighted by atomic mass is 16.5. The minimum atomic E-state index is -1.28. The molecule has 9 nitrogen and oxygen atoms in total. The minimum absolute atomic E-state index is 0.00583. The van der Waals surface area contributed by atoms with Crippen LogP contribution < -0.4 is 5.73 Å². The topological polar surface area (TPSA) is 154 Å². The van der Waals surface area contributed by atoms with Gasteiger partial charge in [-0.15, -0.1) is 0 Å². The van der Waals surface area contributed by atoms with E-state index in [1.54, 1.807) is 0 Å². The van der Waals surface area contributed by atoms with Gasteiger partial charge in [-0.1, -0.05) is 5.11 Å². The van der Waals surface area contributed by atoms with Crippen molar-refractivity contribution in [1.82, 2.24) is 4.98 Å². The fourth-order valence-electron chi connectivity index (χ4n) is 1.54. The van der Waals surface area contributed by atoms with Crippen molar-refractivity contribution in [3.8, 4) is 0 Å². The average Bonchev–Trinajstić information content (AvgIpc) is 2.46. The van der Waals surface area contributed by atoms with E-state index in [4.69, 9.17) is 11.3 Å². The van der Waals surface area contributed by atoms with Gasteiger partial charge in [0.1, 0.15) is 17.5 Å². The first-order valence-electron chi connectivity index (χ1n) is 5.72. The number of carbonyl (C=O) groups excluding carboxylic acids is 1. The molecule has 0 fully saturated rings. The lowest BCUT2D eigenvalue weighted by molar-refractivity contribution is 0.0147. The number of aliphatic hydroxyl groups is 2. The first kappa shape index (κ1) is 15.7. The maximum Gasteiger partial charge on any atom is 0.341 e. The zero-order chi connectivity index (χ0) is 15.1. The summed E-state index contributed by atoms with van der Waals surface area (Å²) >= 11 is 0. The Morgan fingerprint density at radius 1 is 1.65 bits per heavy atom. The molecule has 0 aliphatic rings. The predicted octanol–water partition coefficient (Wildman–Crippen LogP) is 0.545. The average molecular weight is 281 g/mol. The molecule has 1 heterocycles. The Morgan fingerprint density at radius 2 is 2.35 bits per heavy atom. The van der Waals surface area contributed by atoms with Crippen LogP contribution >= 0.6 is 0 Å². The summed E-state index contributed by atoms with van der Waals surface area (Å²) in [6, 6.07) is 1.30. The van der Waals surface area contributed by atoms with Crippen molar-refractivity contribution < 1.29 is 19.7 Å². The lowest BCUT2D eigenvalue weighted by Crippen LogP contribution is -2.20. The molecule has 1 aromatic heterocycles. The fourth-order valence-corrected chi connectivity index (χ4v) is 1.54. The number of ether oxygens (including phenoxy) is 1. The van der Waals surface area contributed by atoms with Crippen molar-refractivity contribution >= 4 is 11.8 Å². The highest BCUT2D eigenvalue weighted by Crippen LogP contribution is 2.22. The summed E-state index contributed by atoms with van der Waals surface area (Å²) in [6.45, 7) is 0.0426. The van der Waals surface area contributed by atoms with Crippen LogP contribution in [0.5, 0.6) is 0 Å². The van der Waals surface area contributed by atoms with Gasteiger partial charge in [0, 0.05) is 23.2 Å². The van der Waals surface area contributed by atoms with E-state index in [2.05, 4.69) is 19.7 Å². The Kier molecular flexibility index (Phi) is 5.73. The Balaban J connectivity index is 2.90. The fraction of sp³-hybridized carbons (Fsp3) is 0.455. The van der Waals surface area contributed by atoms with Gasteiger partial charge < -0.3 is 20.7 Å². The van der Waals surface area contributed by atoms with Gasteiger partial charge in [0.2, 0.25) is 0 Å². The Bertz CT molecular complexity index is 530. The number of anilines is 1. The molecule has 20 heavy (non-hydrogen) atoms. The Hall–Kier alpha value is -2.35. The van der Waals surface area contributed by atoms with Gasteiger partial charge in [-0.05, 0) is 18.0 Å². The van der Waals surface area contributed by atoms with Crippen molar-refractivity contribution in [3.05, 3.63) is 33.8 Å². The van der Waals surface area contributed by atoms with Crippen LogP contribution in [-0.2, 0) is 4.74 Å². The summed E-state index contributed by atoms with van der Waals surface area (Å²) < 4.78 is 4.53. The molecule has 4 N–H and O–H groups in total. The number of methoxy groups -OCH3 is 1. The second-order valence-electron chi connectivity index (χ2n) is 3.95. The number of aliphatic hydroxyl groups excluding tert-OH is 2. The number of hydrogen-bond acceptors (Lipinski definition) is 7. The zero-order valence-corrected chi connectivity index (χ0v) is 10.8. The third-order valence-corrected chi connectivity index (χ3v) is 2.64. The molecule has 1 rings (SSSR count). The number of azide groups is 1. The molecular weight excluding hydrogens is 266 g/mol. The van der Waals surface area contributed by atoms with E-state index in [0.717, 1.165) is 0 Å². The van der Waals surface area contributed by atoms with E-state index in [0.29, 0.717) is 0 Å². The summed E-state index contributed by atoms with van der Waals surface area (Å²) in [5.74, 6) is -0.719. The molecule has 0 saturated heterocycles. The Labute approximate surface area is 114 Å². The van der Waals surface area contributed by atoms with Crippen LogP contribution in [-0.4, -0.2) is 40.9 Å². The van der Waals surface area contributed by atoms with Crippen LogP contribution in [0.3, 0.4) is 0 Å². The summed E-state index contributed by atoms with van der Waals surface area (Å²) in [6.07, 6.45) is -1.11. The molecule has 2 atom stereocenters. The maximum atomic E-state index is 11.4. The number of nitrogen functional groups attached to an aromatic ring is 1. The third kappa shape index (κ3) is 3.82. The predicted molar refractivity (Wildman–Crippen MR) is 69.6 cm³/mol. The number of nitrogens with zero attached hydrogens (tertiary/aromatic N) is 4. The number of pyridine rings is 1. The normalized spacial score (nSPS) is 13.2. The molecule has 2 unspecified atom stereocenters. The standard InChI is InChI=1S/C11H15N5O4/c1-20-11(19)7-4-6(5-14-10(7)12)9(18)8(17)2-3-15-16-13/h4-5,8-9,17-18H,2-3H2,1H3,(H2,12,14). The van der Waals surface area contributed by atoms with Gasteiger partial charge in [-0.25, -0.2) is 9.78 Å². The molecule has 0 bridgehead atoms. The summed E-state index contributed by atoms with van der Waals surface area (Å²) in [5.41, 5.74) is 13.9. The van der Waals surface area contributed by atoms with Gasteiger partial charge in [0.25, 0.3) is 0 Å². The number of aromatic nitrogens is 1. The number of carbonyl (C=O) groups is 1. The second kappa shape index (κ2) is 7.29. The SMILES string of the molecule is COC(=O)c1cc(C(O)C(O)CCN=[N+]=[N-])cnc1N. The van der Waals surface area contributed by atoms with Gasteiger partial charge in [-0.2, -0.15) is 0 Å². The lowest BCUT2D eigenvalue weighted by Gasteiger charge is -2.17. The molecule has 108 valence electrons. The summed E-state index contributed by atoms with van der Waals surface area (Å²) in [7, 11) is 1.19. The Morgan fingerprint density at radius 3 is 2.95 bits per heavy atom. The highest BCUT2D eigenvalue weighted by molar-refractivity contribution is 5.94. The van der Waals surface area contributed by atoms with Gasteiger partial charge >= 0.3 is 5.97 Å². The van der Waals surface area contributed by atoms with Crippen molar-refractivity contribution in [2.45, 2.75) is 18.6 Å². The number of nitrogens with two attached hydrogens (primary N) is 1. The zero-order valence-electron chi connectivity index (χ0n) is 10.8. The lowest BCUT2D eigenvalue weighted by atomic mass is 10.0. The van der Waals surface area contributed by atoms with Crippen LogP contribution in [0.1, 0.15) is 28.4 Å². The molecule has 0 radical (unpaired) electrons. The first-order chi connectivity index (χ1) is 9.51.